The minimum atomic E-state index is -0.762. The minimum Gasteiger partial charge on any atom is -0.481 e. The molecule has 0 spiro atoms. The summed E-state index contributed by atoms with van der Waals surface area (Å²) >= 11 is 5.97. The lowest BCUT2D eigenvalue weighted by molar-refractivity contribution is -0.141. The molecule has 0 fully saturated rings. The Hall–Kier alpha value is -1.02. The number of carboxylic acids is 1. The smallest absolute Gasteiger partial charge is 0.306 e. The highest BCUT2D eigenvalue weighted by Gasteiger charge is 2.13. The van der Waals surface area contributed by atoms with Gasteiger partial charge in [-0.05, 0) is 43.0 Å². The van der Waals surface area contributed by atoms with Crippen molar-refractivity contribution in [2.24, 2.45) is 5.92 Å². The van der Waals surface area contributed by atoms with Crippen LogP contribution in [0.1, 0.15) is 23.6 Å². The fourth-order valence-electron chi connectivity index (χ4n) is 1.48. The predicted molar refractivity (Wildman–Crippen MR) is 61.4 cm³/mol. The molecule has 1 unspecified atom stereocenters. The topological polar surface area (TPSA) is 37.3 Å². The summed E-state index contributed by atoms with van der Waals surface area (Å²) in [6.07, 6.45) is 0.555. The van der Waals surface area contributed by atoms with Crippen molar-refractivity contribution in [1.29, 1.82) is 0 Å². The summed E-state index contributed by atoms with van der Waals surface area (Å²) in [5.41, 5.74) is 3.11. The van der Waals surface area contributed by atoms with E-state index in [9.17, 15) is 4.79 Å². The van der Waals surface area contributed by atoms with E-state index < -0.39 is 5.97 Å². The van der Waals surface area contributed by atoms with E-state index in [0.29, 0.717) is 6.42 Å². The number of rotatable bonds is 3. The molecule has 1 N–H and O–H groups in total. The average Bonchev–Trinajstić information content (AvgIpc) is 2.13. The zero-order valence-corrected chi connectivity index (χ0v) is 9.93. The second-order valence-electron chi connectivity index (χ2n) is 3.97. The van der Waals surface area contributed by atoms with E-state index in [4.69, 9.17) is 16.7 Å². The van der Waals surface area contributed by atoms with Crippen LogP contribution in [0.2, 0.25) is 5.02 Å². The van der Waals surface area contributed by atoms with E-state index in [0.717, 1.165) is 21.7 Å². The van der Waals surface area contributed by atoms with E-state index in [1.165, 1.54) is 0 Å². The van der Waals surface area contributed by atoms with Crippen LogP contribution in [0.4, 0.5) is 0 Å². The molecule has 1 atom stereocenters. The number of carboxylic acid groups (broad SMARTS) is 1. The third-order valence-corrected chi connectivity index (χ3v) is 2.97. The molecule has 0 bridgehead atoms. The number of aryl methyl sites for hydroxylation is 2. The van der Waals surface area contributed by atoms with Crippen molar-refractivity contribution in [2.75, 3.05) is 0 Å². The van der Waals surface area contributed by atoms with Gasteiger partial charge in [0.05, 0.1) is 5.92 Å². The lowest BCUT2D eigenvalue weighted by atomic mass is 9.96. The van der Waals surface area contributed by atoms with Gasteiger partial charge in [0.15, 0.2) is 0 Å². The molecule has 0 aliphatic carbocycles. The standard InChI is InChI=1S/C12H15ClO2/c1-7-6-11(13)8(2)4-10(7)5-9(3)12(14)15/h4,6,9H,5H2,1-3H3,(H,14,15). The molecule has 0 heterocycles. The largest absolute Gasteiger partial charge is 0.481 e. The van der Waals surface area contributed by atoms with Gasteiger partial charge in [-0.3, -0.25) is 4.79 Å². The van der Waals surface area contributed by atoms with E-state index in [2.05, 4.69) is 0 Å². The summed E-state index contributed by atoms with van der Waals surface area (Å²) < 4.78 is 0. The normalized spacial score (nSPS) is 12.5. The molecule has 0 aliphatic rings. The maximum absolute atomic E-state index is 10.7. The summed E-state index contributed by atoms with van der Waals surface area (Å²) in [6, 6.07) is 3.86. The summed E-state index contributed by atoms with van der Waals surface area (Å²) in [5, 5.41) is 9.57. The van der Waals surface area contributed by atoms with Crippen LogP contribution in [0, 0.1) is 19.8 Å². The first-order chi connectivity index (χ1) is 6.91. The highest BCUT2D eigenvalue weighted by Crippen LogP contribution is 2.22. The quantitative estimate of drug-likeness (QED) is 0.859. The van der Waals surface area contributed by atoms with Gasteiger partial charge in [-0.25, -0.2) is 0 Å². The summed E-state index contributed by atoms with van der Waals surface area (Å²) in [5.74, 6) is -1.12. The van der Waals surface area contributed by atoms with E-state index >= 15 is 0 Å². The molecule has 1 rings (SSSR count). The Kier molecular flexibility index (Phi) is 3.75. The molecule has 0 amide bonds. The predicted octanol–water partition coefficient (Wildman–Crippen LogP) is 3.22. The molecular formula is C12H15ClO2. The number of hydrogen-bond donors (Lipinski definition) is 1. The van der Waals surface area contributed by atoms with Gasteiger partial charge in [0.2, 0.25) is 0 Å². The maximum atomic E-state index is 10.7. The van der Waals surface area contributed by atoms with Crippen LogP contribution >= 0.6 is 11.6 Å². The fraction of sp³-hybridized carbons (Fsp3) is 0.417. The maximum Gasteiger partial charge on any atom is 0.306 e. The number of halogens is 1. The van der Waals surface area contributed by atoms with Crippen molar-refractivity contribution >= 4 is 17.6 Å². The molecule has 1 aromatic rings. The Morgan fingerprint density at radius 3 is 2.53 bits per heavy atom. The molecular weight excluding hydrogens is 212 g/mol. The van der Waals surface area contributed by atoms with Gasteiger partial charge in [0, 0.05) is 5.02 Å². The van der Waals surface area contributed by atoms with Crippen LogP contribution in [0.5, 0.6) is 0 Å². The Morgan fingerprint density at radius 1 is 1.40 bits per heavy atom. The Morgan fingerprint density at radius 2 is 2.00 bits per heavy atom. The first-order valence-electron chi connectivity index (χ1n) is 4.90. The number of aliphatic carboxylic acids is 1. The summed E-state index contributed by atoms with van der Waals surface area (Å²) in [6.45, 7) is 5.59. The Balaban J connectivity index is 2.95. The van der Waals surface area contributed by atoms with Crippen molar-refractivity contribution < 1.29 is 9.90 Å². The highest BCUT2D eigenvalue weighted by atomic mass is 35.5. The van der Waals surface area contributed by atoms with E-state index in [1.807, 2.05) is 26.0 Å². The van der Waals surface area contributed by atoms with Crippen molar-refractivity contribution in [3.05, 3.63) is 33.8 Å². The van der Waals surface area contributed by atoms with Crippen molar-refractivity contribution in [2.45, 2.75) is 27.2 Å². The lowest BCUT2D eigenvalue weighted by Crippen LogP contribution is -2.13. The zero-order chi connectivity index (χ0) is 11.6. The Bertz CT molecular complexity index is 385. The molecule has 1 aromatic carbocycles. The minimum absolute atomic E-state index is 0.357. The molecule has 82 valence electrons. The highest BCUT2D eigenvalue weighted by molar-refractivity contribution is 6.31. The SMILES string of the molecule is Cc1cc(CC(C)C(=O)O)c(C)cc1Cl. The van der Waals surface area contributed by atoms with Crippen molar-refractivity contribution in [3.8, 4) is 0 Å². The first-order valence-corrected chi connectivity index (χ1v) is 5.28. The van der Waals surface area contributed by atoms with Gasteiger partial charge in [-0.1, -0.05) is 24.6 Å². The van der Waals surface area contributed by atoms with Crippen LogP contribution < -0.4 is 0 Å². The third-order valence-electron chi connectivity index (χ3n) is 2.56. The van der Waals surface area contributed by atoms with Gasteiger partial charge in [-0.15, -0.1) is 0 Å². The van der Waals surface area contributed by atoms with Gasteiger partial charge in [0.1, 0.15) is 0 Å². The third kappa shape index (κ3) is 2.96. The van der Waals surface area contributed by atoms with Crippen molar-refractivity contribution in [3.63, 3.8) is 0 Å². The van der Waals surface area contributed by atoms with Crippen LogP contribution in [0.25, 0.3) is 0 Å². The lowest BCUT2D eigenvalue weighted by Gasteiger charge is -2.11. The second-order valence-corrected chi connectivity index (χ2v) is 4.38. The summed E-state index contributed by atoms with van der Waals surface area (Å²) in [4.78, 5) is 10.7. The zero-order valence-electron chi connectivity index (χ0n) is 9.17. The average molecular weight is 227 g/mol. The number of hydrogen-bond acceptors (Lipinski definition) is 1. The van der Waals surface area contributed by atoms with Crippen LogP contribution in [0.15, 0.2) is 12.1 Å². The Labute approximate surface area is 94.9 Å². The molecule has 3 heteroatoms. The molecule has 0 radical (unpaired) electrons. The second kappa shape index (κ2) is 4.67. The van der Waals surface area contributed by atoms with Crippen molar-refractivity contribution in [1.82, 2.24) is 0 Å². The first kappa shape index (κ1) is 12.1. The van der Waals surface area contributed by atoms with Gasteiger partial charge in [0.25, 0.3) is 0 Å². The van der Waals surface area contributed by atoms with Crippen LogP contribution in [-0.4, -0.2) is 11.1 Å². The molecule has 0 saturated heterocycles. The van der Waals surface area contributed by atoms with E-state index in [1.54, 1.807) is 6.92 Å². The van der Waals surface area contributed by atoms with Gasteiger partial charge in [-0.2, -0.15) is 0 Å². The number of benzene rings is 1. The summed E-state index contributed by atoms with van der Waals surface area (Å²) in [7, 11) is 0. The van der Waals surface area contributed by atoms with Gasteiger partial charge >= 0.3 is 5.97 Å². The molecule has 0 saturated carbocycles. The molecule has 2 nitrogen and oxygen atoms in total. The van der Waals surface area contributed by atoms with Crippen LogP contribution in [-0.2, 0) is 11.2 Å². The fourth-order valence-corrected chi connectivity index (χ4v) is 1.70. The molecule has 15 heavy (non-hydrogen) atoms. The monoisotopic (exact) mass is 226 g/mol. The molecule has 0 aliphatic heterocycles. The van der Waals surface area contributed by atoms with Crippen LogP contribution in [0.3, 0.4) is 0 Å². The van der Waals surface area contributed by atoms with Gasteiger partial charge < -0.3 is 5.11 Å². The molecule has 0 aromatic heterocycles. The number of carbonyl (C=O) groups is 1. The van der Waals surface area contributed by atoms with E-state index in [-0.39, 0.29) is 5.92 Å².